The second-order valence-electron chi connectivity index (χ2n) is 4.62. The summed E-state index contributed by atoms with van der Waals surface area (Å²) in [6.45, 7) is 7.86. The number of hydrogen-bond acceptors (Lipinski definition) is 4. The highest BCUT2D eigenvalue weighted by atomic mass is 16.3. The summed E-state index contributed by atoms with van der Waals surface area (Å²) in [6, 6.07) is 0.457. The molecule has 1 fully saturated rings. The molecule has 0 aromatic carbocycles. The fourth-order valence-corrected chi connectivity index (χ4v) is 2.26. The quantitative estimate of drug-likeness (QED) is 0.885. The molecule has 5 heteroatoms. The van der Waals surface area contributed by atoms with Crippen molar-refractivity contribution in [2.45, 2.75) is 52.1 Å². The smallest absolute Gasteiger partial charge is 0.137 e. The molecule has 1 atom stereocenters. The van der Waals surface area contributed by atoms with Gasteiger partial charge in [-0.1, -0.05) is 20.3 Å². The van der Waals surface area contributed by atoms with Crippen LogP contribution in [0.4, 0.5) is 0 Å². The van der Waals surface area contributed by atoms with Crippen molar-refractivity contribution in [2.75, 3.05) is 19.7 Å². The van der Waals surface area contributed by atoms with E-state index in [2.05, 4.69) is 28.8 Å². The third kappa shape index (κ3) is 5.14. The maximum Gasteiger partial charge on any atom is 0.137 e. The van der Waals surface area contributed by atoms with E-state index in [1.165, 1.54) is 25.8 Å². The molecule has 1 aromatic rings. The number of likely N-dealkylation sites (N-methyl/N-ethyl adjacent to an activating group) is 1. The van der Waals surface area contributed by atoms with E-state index >= 15 is 0 Å². The molecule has 2 heterocycles. The number of rotatable bonds is 4. The van der Waals surface area contributed by atoms with Crippen molar-refractivity contribution in [3.63, 3.8) is 0 Å². The molecule has 104 valence electrons. The monoisotopic (exact) mass is 254 g/mol. The molecule has 1 aromatic heterocycles. The second kappa shape index (κ2) is 9.05. The predicted molar refractivity (Wildman–Crippen MR) is 72.3 cm³/mol. The molecular weight excluding hydrogens is 228 g/mol. The molecule has 1 aliphatic heterocycles. The zero-order valence-electron chi connectivity index (χ0n) is 11.6. The Morgan fingerprint density at radius 3 is 2.67 bits per heavy atom. The zero-order chi connectivity index (χ0) is 13.2. The molecule has 1 saturated heterocycles. The first-order valence-electron chi connectivity index (χ1n) is 6.99. The highest BCUT2D eigenvalue weighted by molar-refractivity contribution is 4.74. The summed E-state index contributed by atoms with van der Waals surface area (Å²) in [5, 5.41) is 12.9. The molecule has 1 unspecified atom stereocenters. The van der Waals surface area contributed by atoms with Crippen LogP contribution in [0.25, 0.3) is 0 Å². The number of aliphatic hydroxyl groups is 1. The van der Waals surface area contributed by atoms with E-state index < -0.39 is 0 Å². The number of aliphatic hydroxyl groups excluding tert-OH is 1. The molecule has 0 bridgehead atoms. The largest absolute Gasteiger partial charge is 0.395 e. The molecule has 1 aliphatic rings. The van der Waals surface area contributed by atoms with Gasteiger partial charge >= 0.3 is 0 Å². The summed E-state index contributed by atoms with van der Waals surface area (Å²) in [6.07, 6.45) is 8.18. The van der Waals surface area contributed by atoms with Gasteiger partial charge in [-0.15, -0.1) is 0 Å². The third-order valence-corrected chi connectivity index (χ3v) is 3.29. The lowest BCUT2D eigenvalue weighted by molar-refractivity contribution is 0.0953. The second-order valence-corrected chi connectivity index (χ2v) is 4.62. The lowest BCUT2D eigenvalue weighted by atomic mass is 10.0. The highest BCUT2D eigenvalue weighted by Crippen LogP contribution is 2.15. The first-order chi connectivity index (χ1) is 8.81. The molecule has 0 spiro atoms. The number of likely N-dealkylation sites (tertiary alicyclic amines) is 1. The SMILES string of the molecule is CCCn1cncn1.CCN1CCCCC1CO. The Bertz CT molecular complexity index is 277. The number of hydrogen-bond donors (Lipinski definition) is 1. The van der Waals surface area contributed by atoms with Crippen molar-refractivity contribution in [2.24, 2.45) is 0 Å². The van der Waals surface area contributed by atoms with E-state index in [4.69, 9.17) is 5.11 Å². The minimum atomic E-state index is 0.341. The Morgan fingerprint density at radius 1 is 1.33 bits per heavy atom. The van der Waals surface area contributed by atoms with Crippen LogP contribution in [0.5, 0.6) is 0 Å². The van der Waals surface area contributed by atoms with E-state index in [1.54, 1.807) is 12.7 Å². The predicted octanol–water partition coefficient (Wildman–Crippen LogP) is 1.54. The third-order valence-electron chi connectivity index (χ3n) is 3.29. The van der Waals surface area contributed by atoms with Gasteiger partial charge in [-0.2, -0.15) is 5.10 Å². The maximum absolute atomic E-state index is 8.95. The van der Waals surface area contributed by atoms with Gasteiger partial charge < -0.3 is 5.11 Å². The Hall–Kier alpha value is -0.940. The summed E-state index contributed by atoms with van der Waals surface area (Å²) >= 11 is 0. The first-order valence-corrected chi connectivity index (χ1v) is 6.99. The average Bonchev–Trinajstić information content (AvgIpc) is 2.93. The molecular formula is C13H26N4O. The molecule has 18 heavy (non-hydrogen) atoms. The first kappa shape index (κ1) is 15.1. The molecule has 2 rings (SSSR count). The van der Waals surface area contributed by atoms with E-state index in [1.807, 2.05) is 4.68 Å². The van der Waals surface area contributed by atoms with Crippen LogP contribution in [0.15, 0.2) is 12.7 Å². The van der Waals surface area contributed by atoms with Crippen molar-refractivity contribution >= 4 is 0 Å². The lowest BCUT2D eigenvalue weighted by Gasteiger charge is -2.33. The van der Waals surface area contributed by atoms with Crippen LogP contribution in [0, 0.1) is 0 Å². The van der Waals surface area contributed by atoms with Gasteiger partial charge in [0.15, 0.2) is 0 Å². The number of nitrogens with zero attached hydrogens (tertiary/aromatic N) is 4. The van der Waals surface area contributed by atoms with Crippen molar-refractivity contribution in [3.8, 4) is 0 Å². The molecule has 0 aliphatic carbocycles. The number of piperidine rings is 1. The standard InChI is InChI=1S/C8H17NO.C5H9N3/c1-2-9-6-4-3-5-8(9)7-10;1-2-3-8-5-6-4-7-8/h8,10H,2-7H2,1H3;4-5H,2-3H2,1H3. The molecule has 0 radical (unpaired) electrons. The minimum absolute atomic E-state index is 0.341. The van der Waals surface area contributed by atoms with Gasteiger partial charge in [0.1, 0.15) is 12.7 Å². The van der Waals surface area contributed by atoms with Crippen LogP contribution < -0.4 is 0 Å². The van der Waals surface area contributed by atoms with Crippen LogP contribution in [0.2, 0.25) is 0 Å². The Balaban J connectivity index is 0.000000184. The Kier molecular flexibility index (Phi) is 7.60. The van der Waals surface area contributed by atoms with Crippen LogP contribution in [-0.2, 0) is 6.54 Å². The van der Waals surface area contributed by atoms with E-state index in [0.717, 1.165) is 19.5 Å². The summed E-state index contributed by atoms with van der Waals surface area (Å²) < 4.78 is 1.82. The fraction of sp³-hybridized carbons (Fsp3) is 0.846. The van der Waals surface area contributed by atoms with E-state index in [-0.39, 0.29) is 0 Å². The van der Waals surface area contributed by atoms with Gasteiger partial charge in [-0.3, -0.25) is 9.58 Å². The normalized spacial score (nSPS) is 20.3. The van der Waals surface area contributed by atoms with Crippen molar-refractivity contribution < 1.29 is 5.11 Å². The molecule has 5 nitrogen and oxygen atoms in total. The summed E-state index contributed by atoms with van der Waals surface area (Å²) in [5.74, 6) is 0. The van der Waals surface area contributed by atoms with Gasteiger partial charge in [0, 0.05) is 12.6 Å². The minimum Gasteiger partial charge on any atom is -0.395 e. The number of aromatic nitrogens is 3. The summed E-state index contributed by atoms with van der Waals surface area (Å²) in [7, 11) is 0. The topological polar surface area (TPSA) is 54.2 Å². The van der Waals surface area contributed by atoms with Gasteiger partial charge in [0.05, 0.1) is 6.61 Å². The van der Waals surface area contributed by atoms with Gasteiger partial charge in [-0.25, -0.2) is 4.98 Å². The van der Waals surface area contributed by atoms with Crippen molar-refractivity contribution in [1.82, 2.24) is 19.7 Å². The Morgan fingerprint density at radius 2 is 2.17 bits per heavy atom. The fourth-order valence-electron chi connectivity index (χ4n) is 2.26. The summed E-state index contributed by atoms with van der Waals surface area (Å²) in [5.41, 5.74) is 0. The molecule has 0 amide bonds. The van der Waals surface area contributed by atoms with Gasteiger partial charge in [-0.05, 0) is 32.4 Å². The zero-order valence-corrected chi connectivity index (χ0v) is 11.6. The Labute approximate surface area is 110 Å². The average molecular weight is 254 g/mol. The summed E-state index contributed by atoms with van der Waals surface area (Å²) in [4.78, 5) is 6.16. The molecule has 0 saturated carbocycles. The number of aryl methyl sites for hydroxylation is 1. The van der Waals surface area contributed by atoms with E-state index in [9.17, 15) is 0 Å². The van der Waals surface area contributed by atoms with Crippen LogP contribution >= 0.6 is 0 Å². The van der Waals surface area contributed by atoms with Crippen LogP contribution in [-0.4, -0.2) is 50.5 Å². The van der Waals surface area contributed by atoms with Gasteiger partial charge in [0.2, 0.25) is 0 Å². The van der Waals surface area contributed by atoms with E-state index in [0.29, 0.717) is 12.6 Å². The molecule has 1 N–H and O–H groups in total. The lowest BCUT2D eigenvalue weighted by Crippen LogP contribution is -2.41. The van der Waals surface area contributed by atoms with Crippen molar-refractivity contribution in [1.29, 1.82) is 0 Å². The van der Waals surface area contributed by atoms with Gasteiger partial charge in [0.25, 0.3) is 0 Å². The van der Waals surface area contributed by atoms with Crippen LogP contribution in [0.3, 0.4) is 0 Å². The highest BCUT2D eigenvalue weighted by Gasteiger charge is 2.18. The maximum atomic E-state index is 8.95. The van der Waals surface area contributed by atoms with Crippen molar-refractivity contribution in [3.05, 3.63) is 12.7 Å². The van der Waals surface area contributed by atoms with Crippen LogP contribution in [0.1, 0.15) is 39.5 Å².